The third kappa shape index (κ3) is 5.58. The number of urea groups is 1. The molecule has 0 radical (unpaired) electrons. The van der Waals surface area contributed by atoms with Crippen molar-refractivity contribution in [1.82, 2.24) is 10.6 Å². The van der Waals surface area contributed by atoms with E-state index in [0.717, 1.165) is 25.7 Å². The summed E-state index contributed by atoms with van der Waals surface area (Å²) < 4.78 is 0. The second-order valence-corrected chi connectivity index (χ2v) is 5.08. The molecular weight excluding hydrogens is 252 g/mol. The summed E-state index contributed by atoms with van der Waals surface area (Å²) >= 11 is 0. The second kappa shape index (κ2) is 6.96. The lowest BCUT2D eigenvalue weighted by Crippen LogP contribution is -2.50. The molecule has 0 aliphatic heterocycles. The highest BCUT2D eigenvalue weighted by atomic mass is 16.4. The quantitative estimate of drug-likeness (QED) is 0.590. The van der Waals surface area contributed by atoms with Gasteiger partial charge < -0.3 is 20.8 Å². The van der Waals surface area contributed by atoms with Crippen LogP contribution in [0.4, 0.5) is 4.79 Å². The maximum Gasteiger partial charge on any atom is 0.326 e. The van der Waals surface area contributed by atoms with E-state index in [-0.39, 0.29) is 6.04 Å². The van der Waals surface area contributed by atoms with Crippen molar-refractivity contribution in [2.75, 3.05) is 0 Å². The second-order valence-electron chi connectivity index (χ2n) is 5.08. The van der Waals surface area contributed by atoms with E-state index in [0.29, 0.717) is 5.92 Å². The lowest BCUT2D eigenvalue weighted by molar-refractivity contribution is -0.145. The number of carbonyl (C=O) groups is 3. The summed E-state index contributed by atoms with van der Waals surface area (Å²) in [6, 6.07) is -1.99. The number of hydrogen-bond donors (Lipinski definition) is 4. The highest BCUT2D eigenvalue weighted by molar-refractivity contribution is 5.86. The fourth-order valence-electron chi connectivity index (χ4n) is 2.33. The van der Waals surface area contributed by atoms with Crippen LogP contribution < -0.4 is 10.6 Å². The molecule has 1 fully saturated rings. The average Bonchev–Trinajstić information content (AvgIpc) is 2.27. The van der Waals surface area contributed by atoms with Gasteiger partial charge in [-0.15, -0.1) is 0 Å². The molecule has 2 unspecified atom stereocenters. The Hall–Kier alpha value is -1.79. The van der Waals surface area contributed by atoms with Gasteiger partial charge in [0.15, 0.2) is 0 Å². The highest BCUT2D eigenvalue weighted by Gasteiger charge is 2.25. The monoisotopic (exact) mass is 272 g/mol. The molecule has 0 aromatic rings. The molecule has 0 saturated heterocycles. The normalized spacial score (nSPS) is 24.3. The minimum Gasteiger partial charge on any atom is -0.481 e. The van der Waals surface area contributed by atoms with Crippen molar-refractivity contribution in [2.45, 2.75) is 51.1 Å². The van der Waals surface area contributed by atoms with Crippen LogP contribution in [0.5, 0.6) is 0 Å². The minimum atomic E-state index is -1.40. The van der Waals surface area contributed by atoms with E-state index in [4.69, 9.17) is 10.2 Å². The zero-order valence-electron chi connectivity index (χ0n) is 10.9. The van der Waals surface area contributed by atoms with Crippen LogP contribution in [-0.2, 0) is 9.59 Å². The third-order valence-electron chi connectivity index (χ3n) is 3.25. The topological polar surface area (TPSA) is 116 Å². The zero-order chi connectivity index (χ0) is 14.4. The predicted molar refractivity (Wildman–Crippen MR) is 66.8 cm³/mol. The summed E-state index contributed by atoms with van der Waals surface area (Å²) in [6.45, 7) is 2.11. The summed E-state index contributed by atoms with van der Waals surface area (Å²) in [5.74, 6) is -2.08. The van der Waals surface area contributed by atoms with Crippen molar-refractivity contribution < 1.29 is 24.6 Å². The van der Waals surface area contributed by atoms with Crippen molar-refractivity contribution >= 4 is 18.0 Å². The van der Waals surface area contributed by atoms with Crippen LogP contribution in [-0.4, -0.2) is 40.3 Å². The van der Waals surface area contributed by atoms with Crippen molar-refractivity contribution in [2.24, 2.45) is 5.92 Å². The Morgan fingerprint density at radius 2 is 1.95 bits per heavy atom. The lowest BCUT2D eigenvalue weighted by Gasteiger charge is -2.27. The Labute approximate surface area is 111 Å². The first-order chi connectivity index (χ1) is 8.88. The predicted octanol–water partition coefficient (Wildman–Crippen LogP) is 0.792. The summed E-state index contributed by atoms with van der Waals surface area (Å²) in [6.07, 6.45) is 3.27. The van der Waals surface area contributed by atoms with Gasteiger partial charge in [-0.1, -0.05) is 19.8 Å². The van der Waals surface area contributed by atoms with Crippen molar-refractivity contribution in [3.05, 3.63) is 0 Å². The van der Waals surface area contributed by atoms with E-state index >= 15 is 0 Å². The van der Waals surface area contributed by atoms with Crippen molar-refractivity contribution in [3.8, 4) is 0 Å². The Kier molecular flexibility index (Phi) is 5.59. The fourth-order valence-corrected chi connectivity index (χ4v) is 2.33. The molecule has 0 spiro atoms. The molecule has 1 aliphatic rings. The van der Waals surface area contributed by atoms with Crippen LogP contribution in [0.1, 0.15) is 39.0 Å². The van der Waals surface area contributed by atoms with E-state index in [1.54, 1.807) is 0 Å². The molecule has 108 valence electrons. The average molecular weight is 272 g/mol. The standard InChI is InChI=1S/C12H20N2O5/c1-7-3-2-4-8(5-7)13-12(19)14-9(11(17)18)6-10(15)16/h7-9H,2-6H2,1H3,(H,15,16)(H,17,18)(H2,13,14,19)/t7?,8?,9-/m1/s1. The van der Waals surface area contributed by atoms with Gasteiger partial charge in [-0.3, -0.25) is 4.79 Å². The first kappa shape index (κ1) is 15.3. The van der Waals surface area contributed by atoms with Gasteiger partial charge in [-0.25, -0.2) is 9.59 Å². The van der Waals surface area contributed by atoms with Crippen molar-refractivity contribution in [3.63, 3.8) is 0 Å². The van der Waals surface area contributed by atoms with Gasteiger partial charge in [0.2, 0.25) is 0 Å². The smallest absolute Gasteiger partial charge is 0.326 e. The number of rotatable bonds is 5. The highest BCUT2D eigenvalue weighted by Crippen LogP contribution is 2.23. The molecule has 2 amide bonds. The van der Waals surface area contributed by atoms with Gasteiger partial charge in [0.05, 0.1) is 6.42 Å². The molecule has 7 nitrogen and oxygen atoms in total. The largest absolute Gasteiger partial charge is 0.481 e. The van der Waals surface area contributed by atoms with E-state index < -0.39 is 30.4 Å². The molecule has 1 aliphatic carbocycles. The SMILES string of the molecule is CC1CCCC(NC(=O)N[C@H](CC(=O)O)C(=O)O)C1. The first-order valence-corrected chi connectivity index (χ1v) is 6.40. The van der Waals surface area contributed by atoms with Gasteiger partial charge >= 0.3 is 18.0 Å². The van der Waals surface area contributed by atoms with E-state index in [2.05, 4.69) is 17.6 Å². The number of nitrogens with one attached hydrogen (secondary N) is 2. The van der Waals surface area contributed by atoms with Gasteiger partial charge in [-0.2, -0.15) is 0 Å². The van der Waals surface area contributed by atoms with Crippen LogP contribution in [0, 0.1) is 5.92 Å². The third-order valence-corrected chi connectivity index (χ3v) is 3.25. The van der Waals surface area contributed by atoms with Crippen LogP contribution in [0.2, 0.25) is 0 Å². The number of carbonyl (C=O) groups excluding carboxylic acids is 1. The van der Waals surface area contributed by atoms with Crippen molar-refractivity contribution in [1.29, 1.82) is 0 Å². The number of amides is 2. The first-order valence-electron chi connectivity index (χ1n) is 6.40. The Morgan fingerprint density at radius 1 is 1.26 bits per heavy atom. The maximum atomic E-state index is 11.6. The van der Waals surface area contributed by atoms with Crippen LogP contribution in [0.3, 0.4) is 0 Å². The Bertz CT molecular complexity index is 358. The fraction of sp³-hybridized carbons (Fsp3) is 0.750. The Balaban J connectivity index is 2.43. The molecule has 0 aromatic heterocycles. The molecule has 1 rings (SSSR count). The molecule has 0 bridgehead atoms. The molecular formula is C12H20N2O5. The number of hydrogen-bond acceptors (Lipinski definition) is 3. The van der Waals surface area contributed by atoms with Gasteiger partial charge in [0.1, 0.15) is 6.04 Å². The van der Waals surface area contributed by atoms with E-state index in [1.165, 1.54) is 0 Å². The number of carboxylic acid groups (broad SMARTS) is 2. The molecule has 1 saturated carbocycles. The van der Waals surface area contributed by atoms with Gasteiger partial charge in [0, 0.05) is 6.04 Å². The summed E-state index contributed by atoms with van der Waals surface area (Å²) in [5.41, 5.74) is 0. The maximum absolute atomic E-state index is 11.6. The molecule has 0 aromatic carbocycles. The summed E-state index contributed by atoms with van der Waals surface area (Å²) in [5, 5.41) is 22.3. The molecule has 7 heteroatoms. The molecule has 0 heterocycles. The summed E-state index contributed by atoms with van der Waals surface area (Å²) in [4.78, 5) is 32.9. The van der Waals surface area contributed by atoms with E-state index in [1.807, 2.05) is 0 Å². The molecule has 19 heavy (non-hydrogen) atoms. The number of carboxylic acids is 2. The molecule has 4 N–H and O–H groups in total. The van der Waals surface area contributed by atoms with Crippen LogP contribution in [0.25, 0.3) is 0 Å². The van der Waals surface area contributed by atoms with Gasteiger partial charge in [-0.05, 0) is 18.8 Å². The molecule has 3 atom stereocenters. The zero-order valence-corrected chi connectivity index (χ0v) is 10.9. The minimum absolute atomic E-state index is 0.0306. The van der Waals surface area contributed by atoms with Crippen LogP contribution in [0.15, 0.2) is 0 Å². The van der Waals surface area contributed by atoms with E-state index in [9.17, 15) is 14.4 Å². The Morgan fingerprint density at radius 3 is 2.47 bits per heavy atom. The number of aliphatic carboxylic acids is 2. The summed E-state index contributed by atoms with van der Waals surface area (Å²) in [7, 11) is 0. The van der Waals surface area contributed by atoms with Crippen LogP contribution >= 0.6 is 0 Å². The van der Waals surface area contributed by atoms with Gasteiger partial charge in [0.25, 0.3) is 0 Å². The lowest BCUT2D eigenvalue weighted by atomic mass is 9.87.